The Morgan fingerprint density at radius 3 is 2.14 bits per heavy atom. The van der Waals surface area contributed by atoms with E-state index in [9.17, 15) is 10.1 Å². The third-order valence-corrected chi connectivity index (χ3v) is 3.01. The molecule has 0 aromatic carbocycles. The Morgan fingerprint density at radius 1 is 0.905 bits per heavy atom. The van der Waals surface area contributed by atoms with E-state index >= 15 is 0 Å². The van der Waals surface area contributed by atoms with E-state index in [1.54, 1.807) is 61.3 Å². The monoisotopic (exact) mass is 278 g/mol. The summed E-state index contributed by atoms with van der Waals surface area (Å²) in [4.78, 5) is 23.2. The van der Waals surface area contributed by atoms with Gasteiger partial charge >= 0.3 is 5.69 Å². The average molecular weight is 278 g/mol. The molecule has 0 N–H and O–H groups in total. The number of hydrogen-bond donors (Lipinski definition) is 0. The highest BCUT2D eigenvalue weighted by Gasteiger charge is 2.23. The Morgan fingerprint density at radius 2 is 1.57 bits per heavy atom. The van der Waals surface area contributed by atoms with E-state index in [-0.39, 0.29) is 5.69 Å². The van der Waals surface area contributed by atoms with Gasteiger partial charge in [-0.2, -0.15) is 0 Å². The van der Waals surface area contributed by atoms with Crippen molar-refractivity contribution in [3.63, 3.8) is 0 Å². The van der Waals surface area contributed by atoms with Crippen molar-refractivity contribution < 1.29 is 4.92 Å². The van der Waals surface area contributed by atoms with Gasteiger partial charge in [-0.1, -0.05) is 6.07 Å². The zero-order chi connectivity index (χ0) is 14.7. The molecule has 0 aliphatic rings. The Labute approximate surface area is 120 Å². The number of rotatable bonds is 3. The molecule has 0 saturated heterocycles. The first kappa shape index (κ1) is 12.9. The summed E-state index contributed by atoms with van der Waals surface area (Å²) in [6.45, 7) is 0. The summed E-state index contributed by atoms with van der Waals surface area (Å²) in [6.07, 6.45) is 7.94. The topological polar surface area (TPSA) is 81.8 Å². The highest BCUT2D eigenvalue weighted by molar-refractivity contribution is 5.82. The number of hydrogen-bond acceptors (Lipinski definition) is 5. The van der Waals surface area contributed by atoms with Crippen LogP contribution in [-0.2, 0) is 0 Å². The molecule has 0 amide bonds. The third kappa shape index (κ3) is 2.46. The molecular formula is C15H10N4O2. The smallest absolute Gasteiger partial charge is 0.264 e. The molecule has 0 unspecified atom stereocenters. The summed E-state index contributed by atoms with van der Waals surface area (Å²) >= 11 is 0. The van der Waals surface area contributed by atoms with Crippen LogP contribution in [0.15, 0.2) is 61.3 Å². The average Bonchev–Trinajstić information content (AvgIpc) is 2.55. The standard InChI is InChI=1S/C15H10N4O2/c20-19(21)15-13(11-3-1-6-16-9-11)5-8-18-14(15)12-4-2-7-17-10-12/h1-10H. The molecule has 6 nitrogen and oxygen atoms in total. The van der Waals surface area contributed by atoms with E-state index in [4.69, 9.17) is 0 Å². The van der Waals surface area contributed by atoms with Crippen LogP contribution in [0.4, 0.5) is 5.69 Å². The third-order valence-electron chi connectivity index (χ3n) is 3.01. The summed E-state index contributed by atoms with van der Waals surface area (Å²) in [5.41, 5.74) is 2.03. The Hall–Kier alpha value is -3.15. The maximum atomic E-state index is 11.5. The molecule has 3 aromatic rings. The van der Waals surface area contributed by atoms with Crippen LogP contribution < -0.4 is 0 Å². The van der Waals surface area contributed by atoms with Crippen LogP contribution in [-0.4, -0.2) is 19.9 Å². The molecule has 21 heavy (non-hydrogen) atoms. The molecule has 0 saturated carbocycles. The van der Waals surface area contributed by atoms with Gasteiger partial charge in [0, 0.05) is 42.1 Å². The van der Waals surface area contributed by atoms with Crippen molar-refractivity contribution in [3.8, 4) is 22.4 Å². The van der Waals surface area contributed by atoms with Gasteiger partial charge in [-0.05, 0) is 24.3 Å². The van der Waals surface area contributed by atoms with Crippen LogP contribution in [0.5, 0.6) is 0 Å². The van der Waals surface area contributed by atoms with Crippen molar-refractivity contribution in [2.45, 2.75) is 0 Å². The van der Waals surface area contributed by atoms with Gasteiger partial charge in [0.1, 0.15) is 5.69 Å². The minimum atomic E-state index is -0.419. The first-order valence-corrected chi connectivity index (χ1v) is 6.21. The Kier molecular flexibility index (Phi) is 3.34. The van der Waals surface area contributed by atoms with Gasteiger partial charge in [0.15, 0.2) is 0 Å². The molecule has 3 heterocycles. The molecule has 0 aliphatic heterocycles. The van der Waals surface area contributed by atoms with Crippen LogP contribution >= 0.6 is 0 Å². The fraction of sp³-hybridized carbons (Fsp3) is 0. The van der Waals surface area contributed by atoms with Gasteiger partial charge in [-0.15, -0.1) is 0 Å². The Bertz CT molecular complexity index is 718. The van der Waals surface area contributed by atoms with Gasteiger partial charge in [0.25, 0.3) is 0 Å². The van der Waals surface area contributed by atoms with Crippen molar-refractivity contribution in [1.82, 2.24) is 15.0 Å². The first-order valence-electron chi connectivity index (χ1n) is 6.21. The molecule has 6 heteroatoms. The maximum absolute atomic E-state index is 11.5. The lowest BCUT2D eigenvalue weighted by atomic mass is 10.0. The van der Waals surface area contributed by atoms with Crippen molar-refractivity contribution >= 4 is 5.69 Å². The van der Waals surface area contributed by atoms with E-state index in [0.29, 0.717) is 22.4 Å². The number of nitrogens with zero attached hydrogens (tertiary/aromatic N) is 4. The quantitative estimate of drug-likeness (QED) is 0.543. The number of nitro groups is 1. The lowest BCUT2D eigenvalue weighted by Crippen LogP contribution is -1.98. The molecule has 0 fully saturated rings. The Balaban J connectivity index is 2.26. The van der Waals surface area contributed by atoms with Gasteiger partial charge < -0.3 is 0 Å². The molecule has 0 radical (unpaired) electrons. The molecular weight excluding hydrogens is 268 g/mol. The molecule has 0 bridgehead atoms. The molecule has 0 aliphatic carbocycles. The lowest BCUT2D eigenvalue weighted by Gasteiger charge is -2.07. The van der Waals surface area contributed by atoms with Crippen LogP contribution in [0.1, 0.15) is 0 Å². The number of aromatic nitrogens is 3. The lowest BCUT2D eigenvalue weighted by molar-refractivity contribution is -0.383. The molecule has 0 spiro atoms. The summed E-state index contributed by atoms with van der Waals surface area (Å²) in [7, 11) is 0. The van der Waals surface area contributed by atoms with Crippen molar-refractivity contribution in [2.75, 3.05) is 0 Å². The summed E-state index contributed by atoms with van der Waals surface area (Å²) in [6, 6.07) is 8.60. The van der Waals surface area contributed by atoms with E-state index in [1.165, 1.54) is 0 Å². The van der Waals surface area contributed by atoms with Gasteiger partial charge in [0.2, 0.25) is 0 Å². The van der Waals surface area contributed by atoms with Gasteiger partial charge in [-0.3, -0.25) is 20.1 Å². The van der Waals surface area contributed by atoms with Crippen molar-refractivity contribution in [2.24, 2.45) is 0 Å². The molecule has 102 valence electrons. The fourth-order valence-electron chi connectivity index (χ4n) is 2.11. The van der Waals surface area contributed by atoms with E-state index in [0.717, 1.165) is 0 Å². The summed E-state index contributed by atoms with van der Waals surface area (Å²) in [5, 5.41) is 11.5. The van der Waals surface area contributed by atoms with Gasteiger partial charge in [-0.25, -0.2) is 4.98 Å². The summed E-state index contributed by atoms with van der Waals surface area (Å²) < 4.78 is 0. The predicted molar refractivity (Wildman–Crippen MR) is 77.4 cm³/mol. The molecule has 0 atom stereocenters. The largest absolute Gasteiger partial charge is 0.303 e. The van der Waals surface area contributed by atoms with Crippen LogP contribution in [0.3, 0.4) is 0 Å². The van der Waals surface area contributed by atoms with Crippen LogP contribution in [0, 0.1) is 10.1 Å². The maximum Gasteiger partial charge on any atom is 0.303 e. The second-order valence-electron chi connectivity index (χ2n) is 4.30. The highest BCUT2D eigenvalue weighted by atomic mass is 16.6. The normalized spacial score (nSPS) is 10.3. The van der Waals surface area contributed by atoms with Crippen LogP contribution in [0.25, 0.3) is 22.4 Å². The number of pyridine rings is 3. The molecule has 3 aromatic heterocycles. The molecule has 3 rings (SSSR count). The predicted octanol–water partition coefficient (Wildman–Crippen LogP) is 3.11. The zero-order valence-corrected chi connectivity index (χ0v) is 10.9. The fourth-order valence-corrected chi connectivity index (χ4v) is 2.11. The van der Waals surface area contributed by atoms with Crippen molar-refractivity contribution in [3.05, 3.63) is 71.4 Å². The van der Waals surface area contributed by atoms with Gasteiger partial charge in [0.05, 0.1) is 10.5 Å². The second kappa shape index (κ2) is 5.46. The van der Waals surface area contributed by atoms with E-state index in [1.807, 2.05) is 0 Å². The second-order valence-corrected chi connectivity index (χ2v) is 4.30. The van der Waals surface area contributed by atoms with E-state index in [2.05, 4.69) is 15.0 Å². The van der Waals surface area contributed by atoms with Crippen molar-refractivity contribution in [1.29, 1.82) is 0 Å². The minimum Gasteiger partial charge on any atom is -0.264 e. The minimum absolute atomic E-state index is 0.0431. The van der Waals surface area contributed by atoms with Crippen LogP contribution in [0.2, 0.25) is 0 Å². The first-order chi connectivity index (χ1) is 10.3. The summed E-state index contributed by atoms with van der Waals surface area (Å²) in [5.74, 6) is 0. The van der Waals surface area contributed by atoms with E-state index < -0.39 is 4.92 Å². The zero-order valence-electron chi connectivity index (χ0n) is 10.9. The SMILES string of the molecule is O=[N+]([O-])c1c(-c2cccnc2)ccnc1-c1cccnc1. The highest BCUT2D eigenvalue weighted by Crippen LogP contribution is 2.36.